The number of aromatic hydroxyl groups is 1. The number of nitrogens with zero attached hydrogens (tertiary/aromatic N) is 1. The number of benzene rings is 1. The Morgan fingerprint density at radius 3 is 2.43 bits per heavy atom. The maximum atomic E-state index is 12.5. The van der Waals surface area contributed by atoms with Gasteiger partial charge in [-0.25, -0.2) is 0 Å². The third-order valence-electron chi connectivity index (χ3n) is 4.61. The van der Waals surface area contributed by atoms with Crippen molar-refractivity contribution in [2.75, 3.05) is 13.1 Å². The number of hydrogen-bond acceptors (Lipinski definition) is 3. The van der Waals surface area contributed by atoms with Crippen LogP contribution in [0.25, 0.3) is 0 Å². The molecule has 0 spiro atoms. The summed E-state index contributed by atoms with van der Waals surface area (Å²) in [6, 6.07) is 5.08. The van der Waals surface area contributed by atoms with Gasteiger partial charge < -0.3 is 15.1 Å². The van der Waals surface area contributed by atoms with Gasteiger partial charge in [0, 0.05) is 13.1 Å². The van der Waals surface area contributed by atoms with Crippen LogP contribution in [0.5, 0.6) is 5.75 Å². The number of rotatable bonds is 3. The van der Waals surface area contributed by atoms with E-state index in [1.54, 1.807) is 30.0 Å². The van der Waals surface area contributed by atoms with E-state index in [4.69, 9.17) is 0 Å². The molecule has 1 heterocycles. The number of aliphatic carboxylic acids is 1. The van der Waals surface area contributed by atoms with Gasteiger partial charge in [-0.2, -0.15) is 0 Å². The predicted molar refractivity (Wildman–Crippen MR) is 78.3 cm³/mol. The first-order valence-electron chi connectivity index (χ1n) is 7.22. The van der Waals surface area contributed by atoms with Gasteiger partial charge in [-0.05, 0) is 37.8 Å². The monoisotopic (exact) mass is 291 g/mol. The molecule has 1 aliphatic heterocycles. The first kappa shape index (κ1) is 15.4. The fourth-order valence-electron chi connectivity index (χ4n) is 2.86. The smallest absolute Gasteiger partial charge is 0.309 e. The van der Waals surface area contributed by atoms with Crippen LogP contribution in [-0.2, 0) is 4.79 Å². The van der Waals surface area contributed by atoms with E-state index in [-0.39, 0.29) is 17.2 Å². The predicted octanol–water partition coefficient (Wildman–Crippen LogP) is 2.42. The normalized spacial score (nSPS) is 17.5. The lowest BCUT2D eigenvalue weighted by atomic mass is 9.76. The minimum absolute atomic E-state index is 0.00747. The van der Waals surface area contributed by atoms with Gasteiger partial charge in [0.05, 0.1) is 11.0 Å². The van der Waals surface area contributed by atoms with E-state index in [1.807, 2.05) is 6.92 Å². The van der Waals surface area contributed by atoms with Gasteiger partial charge in [-0.1, -0.05) is 19.1 Å². The summed E-state index contributed by atoms with van der Waals surface area (Å²) in [4.78, 5) is 25.5. The lowest BCUT2D eigenvalue weighted by Crippen LogP contribution is -2.46. The molecule has 1 aliphatic rings. The summed E-state index contributed by atoms with van der Waals surface area (Å²) in [6.07, 6.45) is 1.48. The molecule has 5 nitrogen and oxygen atoms in total. The van der Waals surface area contributed by atoms with Crippen LogP contribution in [0.3, 0.4) is 0 Å². The van der Waals surface area contributed by atoms with Crippen LogP contribution < -0.4 is 0 Å². The molecule has 5 heteroatoms. The van der Waals surface area contributed by atoms with Crippen molar-refractivity contribution in [3.05, 3.63) is 29.3 Å². The number of amides is 1. The number of para-hydroxylation sites is 1. The van der Waals surface area contributed by atoms with Crippen LogP contribution in [0.4, 0.5) is 0 Å². The van der Waals surface area contributed by atoms with Gasteiger partial charge in [0.2, 0.25) is 0 Å². The molecule has 1 saturated heterocycles. The lowest BCUT2D eigenvalue weighted by molar-refractivity contribution is -0.152. The van der Waals surface area contributed by atoms with Crippen LogP contribution in [0.15, 0.2) is 18.2 Å². The highest BCUT2D eigenvalue weighted by Crippen LogP contribution is 2.36. The summed E-state index contributed by atoms with van der Waals surface area (Å²) in [5.41, 5.74) is 0.228. The molecule has 1 aromatic rings. The second kappa shape index (κ2) is 5.76. The second-order valence-electron chi connectivity index (χ2n) is 5.70. The van der Waals surface area contributed by atoms with E-state index in [2.05, 4.69) is 0 Å². The third kappa shape index (κ3) is 2.73. The number of hydrogen-bond donors (Lipinski definition) is 2. The van der Waals surface area contributed by atoms with Gasteiger partial charge in [0.1, 0.15) is 5.75 Å². The zero-order valence-corrected chi connectivity index (χ0v) is 12.4. The molecule has 114 valence electrons. The molecule has 2 N–H and O–H groups in total. The topological polar surface area (TPSA) is 77.8 Å². The van der Waals surface area contributed by atoms with E-state index in [1.165, 1.54) is 0 Å². The highest BCUT2D eigenvalue weighted by Gasteiger charge is 2.41. The molecule has 0 aliphatic carbocycles. The Hall–Kier alpha value is -2.04. The molecular formula is C16H21NO4. The van der Waals surface area contributed by atoms with Crippen molar-refractivity contribution in [2.24, 2.45) is 5.41 Å². The van der Waals surface area contributed by atoms with E-state index in [9.17, 15) is 19.8 Å². The molecule has 1 fully saturated rings. The number of carboxylic acids is 1. The van der Waals surface area contributed by atoms with E-state index >= 15 is 0 Å². The highest BCUT2D eigenvalue weighted by molar-refractivity contribution is 5.97. The van der Waals surface area contributed by atoms with Gasteiger partial charge in [-0.3, -0.25) is 9.59 Å². The number of phenols is 1. The number of aryl methyl sites for hydroxylation is 1. The molecule has 0 radical (unpaired) electrons. The Labute approximate surface area is 124 Å². The van der Waals surface area contributed by atoms with E-state index < -0.39 is 11.4 Å². The van der Waals surface area contributed by atoms with Gasteiger partial charge in [-0.15, -0.1) is 0 Å². The van der Waals surface area contributed by atoms with Crippen LogP contribution >= 0.6 is 0 Å². The fourth-order valence-corrected chi connectivity index (χ4v) is 2.86. The lowest BCUT2D eigenvalue weighted by Gasteiger charge is -2.38. The number of carbonyl (C=O) groups is 2. The summed E-state index contributed by atoms with van der Waals surface area (Å²) >= 11 is 0. The molecule has 0 aromatic heterocycles. The SMILES string of the molecule is CCC1(C(=O)O)CCN(C(=O)c2cccc(C)c2O)CC1. The van der Waals surface area contributed by atoms with Gasteiger partial charge >= 0.3 is 5.97 Å². The standard InChI is InChI=1S/C16H21NO4/c1-3-16(15(20)21)7-9-17(10-8-16)14(19)12-6-4-5-11(2)13(12)18/h4-6,18H,3,7-10H2,1-2H3,(H,20,21). The van der Waals surface area contributed by atoms with Gasteiger partial charge in [0.15, 0.2) is 0 Å². The molecule has 1 amide bonds. The van der Waals surface area contributed by atoms with Crippen molar-refractivity contribution in [3.8, 4) is 5.75 Å². The molecule has 0 unspecified atom stereocenters. The molecule has 0 bridgehead atoms. The minimum Gasteiger partial charge on any atom is -0.507 e. The summed E-state index contributed by atoms with van der Waals surface area (Å²) in [5, 5.41) is 19.4. The zero-order valence-electron chi connectivity index (χ0n) is 12.4. The summed E-state index contributed by atoms with van der Waals surface area (Å²) < 4.78 is 0. The van der Waals surface area contributed by atoms with Crippen molar-refractivity contribution in [1.82, 2.24) is 4.90 Å². The maximum Gasteiger partial charge on any atom is 0.309 e. The Morgan fingerprint density at radius 1 is 1.29 bits per heavy atom. The Balaban J connectivity index is 2.14. The van der Waals surface area contributed by atoms with Crippen molar-refractivity contribution in [3.63, 3.8) is 0 Å². The number of carboxylic acid groups (broad SMARTS) is 1. The fraction of sp³-hybridized carbons (Fsp3) is 0.500. The van der Waals surface area contributed by atoms with Crippen molar-refractivity contribution in [1.29, 1.82) is 0 Å². The summed E-state index contributed by atoms with van der Waals surface area (Å²) in [5.74, 6) is -1.00. The number of phenolic OH excluding ortho intramolecular Hbond substituents is 1. The molecule has 21 heavy (non-hydrogen) atoms. The summed E-state index contributed by atoms with van der Waals surface area (Å²) in [6.45, 7) is 4.44. The number of piperidine rings is 1. The summed E-state index contributed by atoms with van der Waals surface area (Å²) in [7, 11) is 0. The number of carbonyl (C=O) groups excluding carboxylic acids is 1. The van der Waals surface area contributed by atoms with Crippen LogP contribution in [0.2, 0.25) is 0 Å². The molecular weight excluding hydrogens is 270 g/mol. The van der Waals surface area contributed by atoms with Gasteiger partial charge in [0.25, 0.3) is 5.91 Å². The highest BCUT2D eigenvalue weighted by atomic mass is 16.4. The average molecular weight is 291 g/mol. The Kier molecular flexibility index (Phi) is 4.21. The Morgan fingerprint density at radius 2 is 1.90 bits per heavy atom. The molecule has 1 aromatic carbocycles. The zero-order chi connectivity index (χ0) is 15.6. The van der Waals surface area contributed by atoms with E-state index in [0.717, 1.165) is 0 Å². The Bertz CT molecular complexity index is 559. The van der Waals surface area contributed by atoms with Crippen molar-refractivity contribution < 1.29 is 19.8 Å². The maximum absolute atomic E-state index is 12.5. The van der Waals surface area contributed by atoms with Crippen LogP contribution in [-0.4, -0.2) is 40.1 Å². The first-order chi connectivity index (χ1) is 9.91. The van der Waals surface area contributed by atoms with Crippen LogP contribution in [0, 0.1) is 12.3 Å². The van der Waals surface area contributed by atoms with E-state index in [0.29, 0.717) is 37.9 Å². The average Bonchev–Trinajstić information content (AvgIpc) is 2.49. The molecule has 2 rings (SSSR count). The second-order valence-corrected chi connectivity index (χ2v) is 5.70. The van der Waals surface area contributed by atoms with Crippen LogP contribution in [0.1, 0.15) is 42.1 Å². The van der Waals surface area contributed by atoms with Crippen molar-refractivity contribution in [2.45, 2.75) is 33.1 Å². The number of likely N-dealkylation sites (tertiary alicyclic amines) is 1. The van der Waals surface area contributed by atoms with Crippen molar-refractivity contribution >= 4 is 11.9 Å². The molecule has 0 saturated carbocycles. The molecule has 0 atom stereocenters. The quantitative estimate of drug-likeness (QED) is 0.896. The first-order valence-corrected chi connectivity index (χ1v) is 7.22. The third-order valence-corrected chi connectivity index (χ3v) is 4.61. The largest absolute Gasteiger partial charge is 0.507 e. The minimum atomic E-state index is -0.782.